The van der Waals surface area contributed by atoms with Gasteiger partial charge in [-0.2, -0.15) is 5.26 Å². The number of thiophene rings is 1. The Balaban J connectivity index is 2.14. The lowest BCUT2D eigenvalue weighted by Gasteiger charge is -2.13. The molecule has 1 aromatic heterocycles. The molecule has 0 aliphatic rings. The number of benzene rings is 1. The van der Waals surface area contributed by atoms with E-state index in [1.807, 2.05) is 6.07 Å². The molecule has 1 aromatic carbocycles. The minimum absolute atomic E-state index is 0.501. The SMILES string of the molecule is Cc1ccccc1[C@H](C)Cc1ccc(C#N)s1. The molecule has 1 atom stereocenters. The molecule has 0 amide bonds. The van der Waals surface area contributed by atoms with Crippen molar-refractivity contribution in [3.63, 3.8) is 0 Å². The van der Waals surface area contributed by atoms with Gasteiger partial charge < -0.3 is 0 Å². The molecule has 0 spiro atoms. The zero-order chi connectivity index (χ0) is 12.3. The standard InChI is InChI=1S/C15H15NS/c1-11-5-3-4-6-15(11)12(2)9-13-7-8-14(10-16)17-13/h3-8,12H,9H2,1-2H3/t12-/m1/s1. The average Bonchev–Trinajstić information content (AvgIpc) is 2.77. The van der Waals surface area contributed by atoms with Crippen LogP contribution >= 0.6 is 11.3 Å². The van der Waals surface area contributed by atoms with Crippen molar-refractivity contribution in [3.05, 3.63) is 57.3 Å². The summed E-state index contributed by atoms with van der Waals surface area (Å²) in [5, 5.41) is 8.81. The van der Waals surface area contributed by atoms with E-state index in [9.17, 15) is 0 Å². The van der Waals surface area contributed by atoms with Gasteiger partial charge in [0.1, 0.15) is 10.9 Å². The highest BCUT2D eigenvalue weighted by atomic mass is 32.1. The smallest absolute Gasteiger partial charge is 0.110 e. The lowest BCUT2D eigenvalue weighted by atomic mass is 9.93. The molecule has 0 fully saturated rings. The van der Waals surface area contributed by atoms with E-state index < -0.39 is 0 Å². The number of aryl methyl sites for hydroxylation is 1. The van der Waals surface area contributed by atoms with Crippen LogP contribution in [0, 0.1) is 18.3 Å². The highest BCUT2D eigenvalue weighted by molar-refractivity contribution is 7.12. The van der Waals surface area contributed by atoms with E-state index in [1.165, 1.54) is 16.0 Å². The highest BCUT2D eigenvalue weighted by Crippen LogP contribution is 2.26. The van der Waals surface area contributed by atoms with Crippen LogP contribution < -0.4 is 0 Å². The van der Waals surface area contributed by atoms with Crippen molar-refractivity contribution in [1.29, 1.82) is 5.26 Å². The van der Waals surface area contributed by atoms with Crippen molar-refractivity contribution < 1.29 is 0 Å². The summed E-state index contributed by atoms with van der Waals surface area (Å²) in [6.07, 6.45) is 1.01. The molecule has 2 rings (SSSR count). The number of hydrogen-bond donors (Lipinski definition) is 0. The third-order valence-electron chi connectivity index (χ3n) is 3.00. The molecule has 2 heteroatoms. The molecule has 0 saturated heterocycles. The van der Waals surface area contributed by atoms with Gasteiger partial charge in [-0.15, -0.1) is 11.3 Å². The maximum absolute atomic E-state index is 8.81. The minimum atomic E-state index is 0.501. The fourth-order valence-corrected chi connectivity index (χ4v) is 3.03. The van der Waals surface area contributed by atoms with Crippen LogP contribution in [0.1, 0.15) is 33.7 Å². The molecular weight excluding hydrogens is 226 g/mol. The zero-order valence-corrected chi connectivity index (χ0v) is 10.9. The Morgan fingerprint density at radius 1 is 1.24 bits per heavy atom. The molecule has 1 nitrogen and oxygen atoms in total. The molecule has 17 heavy (non-hydrogen) atoms. The first-order chi connectivity index (χ1) is 8.20. The van der Waals surface area contributed by atoms with Crippen LogP contribution in [0.25, 0.3) is 0 Å². The van der Waals surface area contributed by atoms with Crippen LogP contribution in [-0.2, 0) is 6.42 Å². The average molecular weight is 241 g/mol. The molecule has 0 unspecified atom stereocenters. The van der Waals surface area contributed by atoms with Crippen LogP contribution in [0.3, 0.4) is 0 Å². The molecule has 0 bridgehead atoms. The normalized spacial score (nSPS) is 12.1. The van der Waals surface area contributed by atoms with Gasteiger partial charge in [0.05, 0.1) is 0 Å². The van der Waals surface area contributed by atoms with Crippen LogP contribution in [-0.4, -0.2) is 0 Å². The first-order valence-electron chi connectivity index (χ1n) is 5.75. The third-order valence-corrected chi connectivity index (χ3v) is 4.01. The van der Waals surface area contributed by atoms with E-state index >= 15 is 0 Å². The topological polar surface area (TPSA) is 23.8 Å². The second kappa shape index (κ2) is 5.16. The van der Waals surface area contributed by atoms with Gasteiger partial charge in [0.2, 0.25) is 0 Å². The van der Waals surface area contributed by atoms with Gasteiger partial charge in [-0.3, -0.25) is 0 Å². The predicted molar refractivity (Wildman–Crippen MR) is 72.3 cm³/mol. The maximum Gasteiger partial charge on any atom is 0.110 e. The van der Waals surface area contributed by atoms with E-state index in [4.69, 9.17) is 5.26 Å². The van der Waals surface area contributed by atoms with Gasteiger partial charge in [-0.25, -0.2) is 0 Å². The third kappa shape index (κ3) is 2.75. The molecule has 0 saturated carbocycles. The Morgan fingerprint density at radius 3 is 2.65 bits per heavy atom. The first-order valence-corrected chi connectivity index (χ1v) is 6.56. The van der Waals surface area contributed by atoms with Gasteiger partial charge >= 0.3 is 0 Å². The van der Waals surface area contributed by atoms with Gasteiger partial charge in [-0.1, -0.05) is 31.2 Å². The summed E-state index contributed by atoms with van der Waals surface area (Å²) in [4.78, 5) is 2.09. The van der Waals surface area contributed by atoms with Crippen LogP contribution in [0.4, 0.5) is 0 Å². The van der Waals surface area contributed by atoms with Crippen LogP contribution in [0.5, 0.6) is 0 Å². The van der Waals surface area contributed by atoms with E-state index in [0.29, 0.717) is 5.92 Å². The number of nitriles is 1. The molecule has 2 aromatic rings. The second-order valence-electron chi connectivity index (χ2n) is 4.34. The summed E-state index contributed by atoms with van der Waals surface area (Å²) >= 11 is 1.60. The molecule has 0 radical (unpaired) electrons. The number of hydrogen-bond acceptors (Lipinski definition) is 2. The van der Waals surface area contributed by atoms with Gasteiger partial charge in [0, 0.05) is 4.88 Å². The molecule has 0 aliphatic heterocycles. The van der Waals surface area contributed by atoms with E-state index in [0.717, 1.165) is 11.3 Å². The monoisotopic (exact) mass is 241 g/mol. The summed E-state index contributed by atoms with van der Waals surface area (Å²) < 4.78 is 0. The predicted octanol–water partition coefficient (Wildman–Crippen LogP) is 4.27. The molecule has 0 N–H and O–H groups in total. The van der Waals surface area contributed by atoms with E-state index in [1.54, 1.807) is 11.3 Å². The quantitative estimate of drug-likeness (QED) is 0.787. The van der Waals surface area contributed by atoms with Crippen LogP contribution in [0.15, 0.2) is 36.4 Å². The molecule has 86 valence electrons. The zero-order valence-electron chi connectivity index (χ0n) is 10.1. The van der Waals surface area contributed by atoms with E-state index in [2.05, 4.69) is 50.2 Å². The fraction of sp³-hybridized carbons (Fsp3) is 0.267. The Morgan fingerprint density at radius 2 is 2.00 bits per heavy atom. The van der Waals surface area contributed by atoms with Gasteiger partial charge in [-0.05, 0) is 42.5 Å². The van der Waals surface area contributed by atoms with Crippen molar-refractivity contribution >= 4 is 11.3 Å². The summed E-state index contributed by atoms with van der Waals surface area (Å²) in [6, 6.07) is 14.7. The number of nitrogens with zero attached hydrogens (tertiary/aromatic N) is 1. The summed E-state index contributed by atoms with van der Waals surface area (Å²) in [5.41, 5.74) is 2.75. The Kier molecular flexibility index (Phi) is 3.61. The molecular formula is C15H15NS. The van der Waals surface area contributed by atoms with Crippen molar-refractivity contribution in [3.8, 4) is 6.07 Å². The number of rotatable bonds is 3. The molecule has 0 aliphatic carbocycles. The Bertz CT molecular complexity index is 548. The van der Waals surface area contributed by atoms with Crippen molar-refractivity contribution in [2.75, 3.05) is 0 Å². The highest BCUT2D eigenvalue weighted by Gasteiger charge is 2.10. The largest absolute Gasteiger partial charge is 0.192 e. The fourth-order valence-electron chi connectivity index (χ4n) is 2.10. The van der Waals surface area contributed by atoms with Gasteiger partial charge in [0.15, 0.2) is 0 Å². The Hall–Kier alpha value is -1.59. The lowest BCUT2D eigenvalue weighted by Crippen LogP contribution is -1.99. The lowest BCUT2D eigenvalue weighted by molar-refractivity contribution is 0.762. The summed E-state index contributed by atoms with van der Waals surface area (Å²) in [7, 11) is 0. The minimum Gasteiger partial charge on any atom is -0.192 e. The van der Waals surface area contributed by atoms with Crippen molar-refractivity contribution in [1.82, 2.24) is 0 Å². The second-order valence-corrected chi connectivity index (χ2v) is 5.51. The van der Waals surface area contributed by atoms with Gasteiger partial charge in [0.25, 0.3) is 0 Å². The molecule has 1 heterocycles. The summed E-state index contributed by atoms with van der Waals surface area (Å²) in [5.74, 6) is 0.501. The van der Waals surface area contributed by atoms with Crippen molar-refractivity contribution in [2.45, 2.75) is 26.2 Å². The maximum atomic E-state index is 8.81. The Labute approximate surface area is 106 Å². The van der Waals surface area contributed by atoms with Crippen molar-refractivity contribution in [2.24, 2.45) is 0 Å². The van der Waals surface area contributed by atoms with Crippen LogP contribution in [0.2, 0.25) is 0 Å². The van der Waals surface area contributed by atoms with E-state index in [-0.39, 0.29) is 0 Å². The first kappa shape index (κ1) is 11.9. The summed E-state index contributed by atoms with van der Waals surface area (Å²) in [6.45, 7) is 4.40.